The van der Waals surface area contributed by atoms with Crippen molar-refractivity contribution in [3.63, 3.8) is 0 Å². The molecule has 6 heteroatoms. The number of pyridine rings is 1. The summed E-state index contributed by atoms with van der Waals surface area (Å²) in [5.74, 6) is 1.96. The molecule has 0 radical (unpaired) electrons. The minimum absolute atomic E-state index is 0.0430. The van der Waals surface area contributed by atoms with Gasteiger partial charge in [0.25, 0.3) is 0 Å². The second-order valence-electron chi connectivity index (χ2n) is 7.03. The summed E-state index contributed by atoms with van der Waals surface area (Å²) < 4.78 is 5.45. The van der Waals surface area contributed by atoms with Crippen molar-refractivity contribution in [1.82, 2.24) is 9.88 Å². The van der Waals surface area contributed by atoms with E-state index in [0.717, 1.165) is 62.8 Å². The maximum absolute atomic E-state index is 13.1. The summed E-state index contributed by atoms with van der Waals surface area (Å²) in [7, 11) is 1.65. The number of methoxy groups -OCH3 is 1. The van der Waals surface area contributed by atoms with Gasteiger partial charge in [0, 0.05) is 38.9 Å². The van der Waals surface area contributed by atoms with Crippen LogP contribution in [0.15, 0.2) is 48.7 Å². The van der Waals surface area contributed by atoms with Crippen LogP contribution >= 0.6 is 0 Å². The van der Waals surface area contributed by atoms with Crippen molar-refractivity contribution in [3.8, 4) is 5.75 Å². The van der Waals surface area contributed by atoms with Crippen LogP contribution in [-0.4, -0.2) is 61.7 Å². The first-order valence-corrected chi connectivity index (χ1v) is 9.62. The number of para-hydroxylation sites is 2. The van der Waals surface area contributed by atoms with Crippen molar-refractivity contribution in [3.05, 3.63) is 48.7 Å². The number of nitrogens with zero attached hydrogens (tertiary/aromatic N) is 4. The number of carbonyl (C=O) groups is 1. The Balaban J connectivity index is 1.44. The smallest absolute Gasteiger partial charge is 0.244 e. The monoisotopic (exact) mass is 366 g/mol. The predicted octanol–water partition coefficient (Wildman–Crippen LogP) is 2.41. The summed E-state index contributed by atoms with van der Waals surface area (Å²) in [6.45, 7) is 4.44. The highest BCUT2D eigenvalue weighted by atomic mass is 16.5. The van der Waals surface area contributed by atoms with Crippen LogP contribution in [0.4, 0.5) is 11.5 Å². The fourth-order valence-corrected chi connectivity index (χ4v) is 4.11. The summed E-state index contributed by atoms with van der Waals surface area (Å²) in [6, 6.07) is 13.7. The largest absolute Gasteiger partial charge is 0.495 e. The maximum Gasteiger partial charge on any atom is 0.244 e. The standard InChI is InChI=1S/C21H26N4O2/c1-27-19-8-3-2-7-17(19)25-14-10-18(21(25)26)23-12-6-13-24(16-15-23)20-9-4-5-11-22-20/h2-5,7-9,11,18H,6,10,12-16H2,1H3. The molecule has 2 saturated heterocycles. The van der Waals surface area contributed by atoms with Crippen molar-refractivity contribution in [2.45, 2.75) is 18.9 Å². The Bertz CT molecular complexity index is 783. The highest BCUT2D eigenvalue weighted by molar-refractivity contribution is 6.00. The third-order valence-corrected chi connectivity index (χ3v) is 5.50. The van der Waals surface area contributed by atoms with Crippen molar-refractivity contribution < 1.29 is 9.53 Å². The zero-order valence-electron chi connectivity index (χ0n) is 15.8. The maximum atomic E-state index is 13.1. The van der Waals surface area contributed by atoms with Crippen LogP contribution in [-0.2, 0) is 4.79 Å². The summed E-state index contributed by atoms with van der Waals surface area (Å²) in [4.78, 5) is 24.2. The first kappa shape index (κ1) is 17.8. The highest BCUT2D eigenvalue weighted by Crippen LogP contribution is 2.32. The predicted molar refractivity (Wildman–Crippen MR) is 106 cm³/mol. The fraction of sp³-hybridized carbons (Fsp3) is 0.429. The Kier molecular flexibility index (Phi) is 5.25. The van der Waals surface area contributed by atoms with Gasteiger partial charge in [-0.3, -0.25) is 9.69 Å². The zero-order chi connectivity index (χ0) is 18.6. The van der Waals surface area contributed by atoms with E-state index in [4.69, 9.17) is 4.74 Å². The summed E-state index contributed by atoms with van der Waals surface area (Å²) in [6.07, 6.45) is 3.74. The Morgan fingerprint density at radius 2 is 1.85 bits per heavy atom. The molecule has 6 nitrogen and oxygen atoms in total. The van der Waals surface area contributed by atoms with Crippen LogP contribution in [0.5, 0.6) is 5.75 Å². The average Bonchev–Trinajstić information content (AvgIpc) is 2.94. The van der Waals surface area contributed by atoms with Gasteiger partial charge in [0.1, 0.15) is 11.6 Å². The van der Waals surface area contributed by atoms with Crippen molar-refractivity contribution in [1.29, 1.82) is 0 Å². The Morgan fingerprint density at radius 1 is 1.00 bits per heavy atom. The molecule has 4 rings (SSSR count). The quantitative estimate of drug-likeness (QED) is 0.832. The van der Waals surface area contributed by atoms with Crippen LogP contribution in [0.1, 0.15) is 12.8 Å². The topological polar surface area (TPSA) is 48.9 Å². The minimum atomic E-state index is -0.0430. The number of hydrogen-bond donors (Lipinski definition) is 0. The molecule has 0 bridgehead atoms. The minimum Gasteiger partial charge on any atom is -0.495 e. The molecular formula is C21H26N4O2. The molecule has 2 aliphatic heterocycles. The van der Waals surface area contributed by atoms with Gasteiger partial charge in [-0.15, -0.1) is 0 Å². The molecular weight excluding hydrogens is 340 g/mol. The molecule has 27 heavy (non-hydrogen) atoms. The van der Waals surface area contributed by atoms with Gasteiger partial charge < -0.3 is 14.5 Å². The SMILES string of the molecule is COc1ccccc1N1CCC(N2CCCN(c3ccccn3)CC2)C1=O. The number of amides is 1. The van der Waals surface area contributed by atoms with Crippen molar-refractivity contribution >= 4 is 17.4 Å². The first-order valence-electron chi connectivity index (χ1n) is 9.62. The molecule has 1 atom stereocenters. The van der Waals surface area contributed by atoms with E-state index >= 15 is 0 Å². The summed E-state index contributed by atoms with van der Waals surface area (Å²) in [5, 5.41) is 0. The number of carbonyl (C=O) groups excluding carboxylic acids is 1. The number of benzene rings is 1. The lowest BCUT2D eigenvalue weighted by Gasteiger charge is -2.27. The molecule has 1 aromatic carbocycles. The molecule has 2 aliphatic rings. The second-order valence-corrected chi connectivity index (χ2v) is 7.03. The van der Waals surface area contributed by atoms with Crippen LogP contribution in [0, 0.1) is 0 Å². The molecule has 1 unspecified atom stereocenters. The molecule has 142 valence electrons. The van der Waals surface area contributed by atoms with Gasteiger partial charge in [0.05, 0.1) is 18.8 Å². The van der Waals surface area contributed by atoms with E-state index in [1.165, 1.54) is 0 Å². The number of hydrogen-bond acceptors (Lipinski definition) is 5. The molecule has 1 amide bonds. The third kappa shape index (κ3) is 3.62. The Labute approximate surface area is 160 Å². The van der Waals surface area contributed by atoms with Gasteiger partial charge in [-0.1, -0.05) is 18.2 Å². The lowest BCUT2D eigenvalue weighted by atomic mass is 10.2. The number of aromatic nitrogens is 1. The molecule has 3 heterocycles. The van der Waals surface area contributed by atoms with E-state index in [9.17, 15) is 4.79 Å². The molecule has 1 aromatic heterocycles. The number of anilines is 2. The van der Waals surface area contributed by atoms with E-state index in [1.54, 1.807) is 7.11 Å². The lowest BCUT2D eigenvalue weighted by Crippen LogP contribution is -2.43. The van der Waals surface area contributed by atoms with Gasteiger partial charge in [-0.2, -0.15) is 0 Å². The van der Waals surface area contributed by atoms with E-state index < -0.39 is 0 Å². The fourth-order valence-electron chi connectivity index (χ4n) is 4.11. The molecule has 2 aromatic rings. The van der Waals surface area contributed by atoms with Gasteiger partial charge in [0.2, 0.25) is 5.91 Å². The molecule has 0 aliphatic carbocycles. The normalized spacial score (nSPS) is 21.4. The van der Waals surface area contributed by atoms with Gasteiger partial charge in [0.15, 0.2) is 0 Å². The van der Waals surface area contributed by atoms with E-state index in [-0.39, 0.29) is 11.9 Å². The molecule has 2 fully saturated rings. The van der Waals surface area contributed by atoms with Gasteiger partial charge >= 0.3 is 0 Å². The average molecular weight is 366 g/mol. The summed E-state index contributed by atoms with van der Waals surface area (Å²) in [5.41, 5.74) is 0.873. The second kappa shape index (κ2) is 7.96. The first-order chi connectivity index (χ1) is 13.3. The van der Waals surface area contributed by atoms with E-state index in [0.29, 0.717) is 0 Å². The van der Waals surface area contributed by atoms with Crippen LogP contribution in [0.25, 0.3) is 0 Å². The van der Waals surface area contributed by atoms with Crippen LogP contribution in [0.3, 0.4) is 0 Å². The van der Waals surface area contributed by atoms with Crippen LogP contribution < -0.4 is 14.5 Å². The number of rotatable bonds is 4. The van der Waals surface area contributed by atoms with Gasteiger partial charge in [-0.25, -0.2) is 4.98 Å². The summed E-state index contributed by atoms with van der Waals surface area (Å²) >= 11 is 0. The van der Waals surface area contributed by atoms with E-state index in [2.05, 4.69) is 20.9 Å². The Morgan fingerprint density at radius 3 is 2.67 bits per heavy atom. The molecule has 0 saturated carbocycles. The van der Waals surface area contributed by atoms with Crippen molar-refractivity contribution in [2.75, 3.05) is 49.6 Å². The lowest BCUT2D eigenvalue weighted by molar-refractivity contribution is -0.121. The van der Waals surface area contributed by atoms with Gasteiger partial charge in [-0.05, 0) is 37.1 Å². The molecule has 0 spiro atoms. The zero-order valence-corrected chi connectivity index (χ0v) is 15.8. The van der Waals surface area contributed by atoms with E-state index in [1.807, 2.05) is 47.5 Å². The third-order valence-electron chi connectivity index (χ3n) is 5.50. The Hall–Kier alpha value is -2.60. The molecule has 0 N–H and O–H groups in total. The number of ether oxygens (including phenoxy) is 1. The highest BCUT2D eigenvalue weighted by Gasteiger charge is 2.38. The van der Waals surface area contributed by atoms with Crippen molar-refractivity contribution in [2.24, 2.45) is 0 Å². The van der Waals surface area contributed by atoms with Crippen LogP contribution in [0.2, 0.25) is 0 Å².